The molecule has 0 saturated carbocycles. The minimum atomic E-state index is -3.93. The normalized spacial score (nSPS) is 13.3. The van der Waals surface area contributed by atoms with E-state index in [9.17, 15) is 12.8 Å². The summed E-state index contributed by atoms with van der Waals surface area (Å²) in [4.78, 5) is -0.250. The zero-order valence-corrected chi connectivity index (χ0v) is 11.4. The number of ether oxygens (including phenoxy) is 2. The van der Waals surface area contributed by atoms with E-state index in [0.29, 0.717) is 0 Å². The topological polar surface area (TPSA) is 84.9 Å². The number of benzene rings is 1. The van der Waals surface area contributed by atoms with Gasteiger partial charge in [0.15, 0.2) is 11.6 Å². The molecule has 0 aliphatic carbocycles. The highest BCUT2D eigenvalue weighted by atomic mass is 32.2. The van der Waals surface area contributed by atoms with E-state index < -0.39 is 28.5 Å². The molecule has 1 atom stereocenters. The number of hydrogen-bond acceptors (Lipinski definition) is 5. The lowest BCUT2D eigenvalue weighted by Gasteiger charge is -2.15. The molecule has 0 saturated heterocycles. The van der Waals surface area contributed by atoms with Crippen LogP contribution < -0.4 is 9.46 Å². The Balaban J connectivity index is 2.96. The van der Waals surface area contributed by atoms with E-state index in [0.717, 1.165) is 6.07 Å². The van der Waals surface area contributed by atoms with Crippen LogP contribution in [-0.2, 0) is 14.8 Å². The first-order valence-corrected chi connectivity index (χ1v) is 6.88. The molecule has 0 bridgehead atoms. The Morgan fingerprint density at radius 2 is 2.11 bits per heavy atom. The standard InChI is InChI=1S/C11H16FNO5S/c1-17-7-8(6-14)13-19(15,16)9-3-4-11(18-2)10(12)5-9/h3-5,8,13-14H,6-7H2,1-2H3. The van der Waals surface area contributed by atoms with Crippen LogP contribution in [-0.4, -0.2) is 47.0 Å². The summed E-state index contributed by atoms with van der Waals surface area (Å²) in [6, 6.07) is 2.49. The van der Waals surface area contributed by atoms with Crippen LogP contribution in [0.25, 0.3) is 0 Å². The molecular weight excluding hydrogens is 277 g/mol. The van der Waals surface area contributed by atoms with Crippen molar-refractivity contribution in [1.82, 2.24) is 4.72 Å². The van der Waals surface area contributed by atoms with Crippen LogP contribution in [0.1, 0.15) is 0 Å². The maximum atomic E-state index is 13.5. The molecule has 1 unspecified atom stereocenters. The summed E-state index contributed by atoms with van der Waals surface area (Å²) in [5.41, 5.74) is 0. The zero-order chi connectivity index (χ0) is 14.5. The molecule has 0 spiro atoms. The van der Waals surface area contributed by atoms with Crippen molar-refractivity contribution < 1.29 is 27.4 Å². The van der Waals surface area contributed by atoms with Gasteiger partial charge < -0.3 is 14.6 Å². The summed E-state index contributed by atoms with van der Waals surface area (Å²) in [7, 11) is -1.26. The predicted octanol–water partition coefficient (Wildman–Crippen LogP) is 0.120. The molecule has 0 amide bonds. The van der Waals surface area contributed by atoms with Gasteiger partial charge >= 0.3 is 0 Å². The fraction of sp³-hybridized carbons (Fsp3) is 0.455. The minimum Gasteiger partial charge on any atom is -0.494 e. The van der Waals surface area contributed by atoms with E-state index in [4.69, 9.17) is 14.6 Å². The largest absolute Gasteiger partial charge is 0.494 e. The molecule has 0 aliphatic rings. The second-order valence-corrected chi connectivity index (χ2v) is 5.47. The SMILES string of the molecule is COCC(CO)NS(=O)(=O)c1ccc(OC)c(F)c1. The van der Waals surface area contributed by atoms with Gasteiger partial charge in [-0.3, -0.25) is 0 Å². The van der Waals surface area contributed by atoms with Crippen LogP contribution in [0.15, 0.2) is 23.1 Å². The Morgan fingerprint density at radius 3 is 2.58 bits per heavy atom. The van der Waals surface area contributed by atoms with Gasteiger partial charge in [-0.15, -0.1) is 0 Å². The molecule has 1 aromatic rings. The smallest absolute Gasteiger partial charge is 0.241 e. The van der Waals surface area contributed by atoms with Gasteiger partial charge in [-0.1, -0.05) is 0 Å². The molecule has 2 N–H and O–H groups in total. The average molecular weight is 293 g/mol. The van der Waals surface area contributed by atoms with Crippen molar-refractivity contribution in [3.8, 4) is 5.75 Å². The Bertz CT molecular complexity index is 520. The lowest BCUT2D eigenvalue weighted by molar-refractivity contribution is 0.139. The molecule has 108 valence electrons. The summed E-state index contributed by atoms with van der Waals surface area (Å²) in [5, 5.41) is 9.00. The van der Waals surface area contributed by atoms with Crippen molar-refractivity contribution in [2.24, 2.45) is 0 Å². The highest BCUT2D eigenvalue weighted by Gasteiger charge is 2.21. The molecule has 0 fully saturated rings. The molecule has 8 heteroatoms. The van der Waals surface area contributed by atoms with Gasteiger partial charge in [0.25, 0.3) is 0 Å². The molecular formula is C11H16FNO5S. The highest BCUT2D eigenvalue weighted by molar-refractivity contribution is 7.89. The summed E-state index contributed by atoms with van der Waals surface area (Å²) in [6.45, 7) is -0.417. The van der Waals surface area contributed by atoms with Crippen LogP contribution >= 0.6 is 0 Å². The van der Waals surface area contributed by atoms with Crippen LogP contribution in [0.4, 0.5) is 4.39 Å². The maximum absolute atomic E-state index is 13.5. The first kappa shape index (κ1) is 15.8. The minimum absolute atomic E-state index is 0.00830. The fourth-order valence-corrected chi connectivity index (χ4v) is 2.65. The van der Waals surface area contributed by atoms with E-state index in [2.05, 4.69) is 4.72 Å². The van der Waals surface area contributed by atoms with Crippen molar-refractivity contribution in [3.05, 3.63) is 24.0 Å². The Labute approximate surface area is 111 Å². The molecule has 6 nitrogen and oxygen atoms in total. The van der Waals surface area contributed by atoms with E-state index in [-0.39, 0.29) is 17.3 Å². The van der Waals surface area contributed by atoms with E-state index >= 15 is 0 Å². The van der Waals surface area contributed by atoms with Gasteiger partial charge in [0.2, 0.25) is 10.0 Å². The van der Waals surface area contributed by atoms with E-state index in [1.807, 2.05) is 0 Å². The summed E-state index contributed by atoms with van der Waals surface area (Å²) in [5.74, 6) is -0.827. The van der Waals surface area contributed by atoms with Gasteiger partial charge in [0, 0.05) is 7.11 Å². The average Bonchev–Trinajstić information content (AvgIpc) is 2.37. The van der Waals surface area contributed by atoms with Crippen LogP contribution in [0, 0.1) is 5.82 Å². The lowest BCUT2D eigenvalue weighted by atomic mass is 10.3. The van der Waals surface area contributed by atoms with Gasteiger partial charge in [0.05, 0.1) is 31.3 Å². The molecule has 19 heavy (non-hydrogen) atoms. The third-order valence-corrected chi connectivity index (χ3v) is 3.86. The Hall–Kier alpha value is -1.22. The van der Waals surface area contributed by atoms with Crippen molar-refractivity contribution in [2.75, 3.05) is 27.4 Å². The summed E-state index contributed by atoms with van der Waals surface area (Å²) in [6.07, 6.45) is 0. The predicted molar refractivity (Wildman–Crippen MR) is 66.0 cm³/mol. The number of aliphatic hydroxyl groups is 1. The van der Waals surface area contributed by atoms with Crippen LogP contribution in [0.3, 0.4) is 0 Å². The van der Waals surface area contributed by atoms with Crippen molar-refractivity contribution in [3.63, 3.8) is 0 Å². The fourth-order valence-electron chi connectivity index (χ4n) is 1.43. The van der Waals surface area contributed by atoms with Gasteiger partial charge in [-0.2, -0.15) is 0 Å². The second kappa shape index (κ2) is 6.80. The van der Waals surface area contributed by atoms with Crippen LogP contribution in [0.2, 0.25) is 0 Å². The highest BCUT2D eigenvalue weighted by Crippen LogP contribution is 2.20. The lowest BCUT2D eigenvalue weighted by Crippen LogP contribution is -2.40. The van der Waals surface area contributed by atoms with Crippen LogP contribution in [0.5, 0.6) is 5.75 Å². The van der Waals surface area contributed by atoms with Crippen molar-refractivity contribution in [1.29, 1.82) is 0 Å². The number of aliphatic hydroxyl groups excluding tert-OH is 1. The second-order valence-electron chi connectivity index (χ2n) is 3.75. The van der Waals surface area contributed by atoms with Crippen molar-refractivity contribution >= 4 is 10.0 Å². The number of nitrogens with one attached hydrogen (secondary N) is 1. The number of halogens is 1. The Morgan fingerprint density at radius 1 is 1.42 bits per heavy atom. The molecule has 1 rings (SSSR count). The first-order valence-electron chi connectivity index (χ1n) is 5.40. The zero-order valence-electron chi connectivity index (χ0n) is 10.6. The third kappa shape index (κ3) is 4.13. The number of methoxy groups -OCH3 is 2. The number of rotatable bonds is 7. The molecule has 0 radical (unpaired) electrons. The van der Waals surface area contributed by atoms with Gasteiger partial charge in [-0.25, -0.2) is 17.5 Å². The summed E-state index contributed by atoms with van der Waals surface area (Å²) >= 11 is 0. The molecule has 0 aromatic heterocycles. The number of hydrogen-bond donors (Lipinski definition) is 2. The summed E-state index contributed by atoms with van der Waals surface area (Å²) < 4.78 is 49.0. The maximum Gasteiger partial charge on any atom is 0.241 e. The molecule has 1 aromatic carbocycles. The monoisotopic (exact) mass is 293 g/mol. The van der Waals surface area contributed by atoms with Gasteiger partial charge in [0.1, 0.15) is 0 Å². The molecule has 0 heterocycles. The van der Waals surface area contributed by atoms with E-state index in [1.54, 1.807) is 0 Å². The third-order valence-electron chi connectivity index (χ3n) is 2.34. The first-order chi connectivity index (χ1) is 8.94. The quantitative estimate of drug-likeness (QED) is 0.746. The molecule has 0 aliphatic heterocycles. The van der Waals surface area contributed by atoms with Crippen molar-refractivity contribution in [2.45, 2.75) is 10.9 Å². The van der Waals surface area contributed by atoms with Gasteiger partial charge in [-0.05, 0) is 18.2 Å². The van der Waals surface area contributed by atoms with E-state index in [1.165, 1.54) is 26.4 Å². The Kier molecular flexibility index (Phi) is 5.67. The number of sulfonamides is 1.